The number of carbonyl (C=O) groups is 4. The van der Waals surface area contributed by atoms with E-state index in [2.05, 4.69) is 38.6 Å². The first kappa shape index (κ1) is 53.3. The van der Waals surface area contributed by atoms with Gasteiger partial charge in [0.2, 0.25) is 11.8 Å². The summed E-state index contributed by atoms with van der Waals surface area (Å²) in [5.74, 6) is -0.507. The van der Waals surface area contributed by atoms with Crippen LogP contribution in [-0.4, -0.2) is 141 Å². The Kier molecular flexibility index (Phi) is 15.9. The number of carbonyl (C=O) groups excluding carboxylic acids is 4. The highest BCUT2D eigenvalue weighted by Crippen LogP contribution is 2.49. The van der Waals surface area contributed by atoms with Crippen LogP contribution in [0.5, 0.6) is 0 Å². The molecule has 6 heterocycles. The van der Waals surface area contributed by atoms with E-state index in [1.54, 1.807) is 29.8 Å². The topological polar surface area (TPSA) is 200 Å². The molecule has 0 aliphatic carbocycles. The Hall–Kier alpha value is -6.58. The van der Waals surface area contributed by atoms with E-state index in [-0.39, 0.29) is 41.7 Å². The predicted octanol–water partition coefficient (Wildman–Crippen LogP) is 8.69. The molecule has 4 saturated heterocycles. The Bertz CT molecular complexity index is 2850. The highest BCUT2D eigenvalue weighted by atomic mass is 28.3. The van der Waals surface area contributed by atoms with Crippen LogP contribution in [0, 0.1) is 11.6 Å². The first-order chi connectivity index (χ1) is 36.0. The Balaban J connectivity index is 0.999. The summed E-state index contributed by atoms with van der Waals surface area (Å²) in [5, 5.41) is 5.27. The molecule has 2 aromatic heterocycles. The molecular weight excluding hydrogens is 983 g/mol. The normalized spacial score (nSPS) is 22.3. The van der Waals surface area contributed by atoms with E-state index >= 15 is 8.78 Å². The molecule has 0 radical (unpaired) electrons. The van der Waals surface area contributed by atoms with E-state index in [1.807, 2.05) is 47.4 Å². The molecule has 0 saturated carbocycles. The van der Waals surface area contributed by atoms with Crippen LogP contribution >= 0.6 is 0 Å². The molecule has 0 bridgehead atoms. The Morgan fingerprint density at radius 3 is 1.76 bits per heavy atom. The summed E-state index contributed by atoms with van der Waals surface area (Å²) in [5.41, 5.74) is 5.47. The van der Waals surface area contributed by atoms with Gasteiger partial charge in [-0.1, -0.05) is 43.4 Å². The third kappa shape index (κ3) is 10.9. The van der Waals surface area contributed by atoms with Gasteiger partial charge in [0, 0.05) is 46.1 Å². The van der Waals surface area contributed by atoms with Gasteiger partial charge in [-0.05, 0) is 105 Å². The number of likely N-dealkylation sites (tertiary alicyclic amines) is 2. The number of aromatic amines is 2. The van der Waals surface area contributed by atoms with Gasteiger partial charge in [-0.15, -0.1) is 0 Å². The molecule has 8 atom stereocenters. The van der Waals surface area contributed by atoms with Gasteiger partial charge in [0.25, 0.3) is 0 Å². The number of rotatable bonds is 15. The lowest BCUT2D eigenvalue weighted by molar-refractivity contribution is -0.138. The van der Waals surface area contributed by atoms with Crippen LogP contribution in [0.4, 0.5) is 29.7 Å². The minimum absolute atomic E-state index is 0.0279. The highest BCUT2D eigenvalue weighted by Gasteiger charge is 2.42. The van der Waals surface area contributed by atoms with Crippen molar-refractivity contribution in [2.24, 2.45) is 0 Å². The molecule has 75 heavy (non-hydrogen) atoms. The molecule has 9 rings (SSSR count). The minimum atomic E-state index is -1.41. The average molecular weight is 1050 g/mol. The fourth-order valence-electron chi connectivity index (χ4n) is 11.5. The lowest BCUT2D eigenvalue weighted by atomic mass is 10.0. The first-order valence-electron chi connectivity index (χ1n) is 26.1. The molecule has 5 aromatic rings. The van der Waals surface area contributed by atoms with Crippen molar-refractivity contribution < 1.29 is 46.9 Å². The van der Waals surface area contributed by atoms with E-state index in [1.165, 1.54) is 40.6 Å². The summed E-state index contributed by atoms with van der Waals surface area (Å²) < 4.78 is 53.7. The van der Waals surface area contributed by atoms with Crippen molar-refractivity contribution in [3.8, 4) is 11.3 Å². The highest BCUT2D eigenvalue weighted by molar-refractivity contribution is 6.77. The van der Waals surface area contributed by atoms with Crippen molar-refractivity contribution in [2.45, 2.75) is 126 Å². The Labute approximate surface area is 437 Å². The fourth-order valence-corrected chi connectivity index (χ4v) is 13.5. The van der Waals surface area contributed by atoms with E-state index < -0.39 is 56.2 Å². The molecule has 4 fully saturated rings. The predicted molar refractivity (Wildman–Crippen MR) is 282 cm³/mol. The number of benzene rings is 3. The van der Waals surface area contributed by atoms with Gasteiger partial charge in [-0.2, -0.15) is 0 Å². The summed E-state index contributed by atoms with van der Waals surface area (Å²) >= 11 is 0. The van der Waals surface area contributed by atoms with Gasteiger partial charge in [0.05, 0.1) is 81.6 Å². The van der Waals surface area contributed by atoms with Crippen LogP contribution in [0.2, 0.25) is 25.2 Å². The van der Waals surface area contributed by atoms with Gasteiger partial charge in [0.1, 0.15) is 29.4 Å². The maximum absolute atomic E-state index is 16.6. The molecule has 4 aliphatic heterocycles. The number of hydrogen-bond donors (Lipinski definition) is 4. The number of imidazole rings is 2. The maximum Gasteiger partial charge on any atom is 0.407 e. The van der Waals surface area contributed by atoms with Gasteiger partial charge in [-0.25, -0.2) is 28.3 Å². The first-order valence-corrected chi connectivity index (χ1v) is 29.5. The molecule has 0 spiro atoms. The number of amides is 4. The Morgan fingerprint density at radius 1 is 0.680 bits per heavy atom. The third-order valence-electron chi connectivity index (χ3n) is 16.1. The van der Waals surface area contributed by atoms with Crippen molar-refractivity contribution in [2.75, 3.05) is 64.4 Å². The zero-order valence-electron chi connectivity index (χ0n) is 44.1. The molecular formula is C54H70F2N10O8Si. The van der Waals surface area contributed by atoms with Crippen molar-refractivity contribution in [1.29, 1.82) is 0 Å². The Morgan fingerprint density at radius 2 is 1.21 bits per heavy atom. The number of halogens is 2. The molecule has 1 unspecified atom stereocenters. The van der Waals surface area contributed by atoms with E-state index in [0.29, 0.717) is 74.7 Å². The number of aromatic nitrogens is 4. The number of nitrogens with one attached hydrogen (secondary N) is 4. The SMILES string of the molecule is COC(=O)N[C@H](C(=O)N1CCCC1c1nc2cc([C@@H]3CC[C@@H](c4ccc(-c5cnc([C@@H]6CCCN6C(=O)[C@@H](NC(=O)OC)[C@@H](C)OC)[nH]5)cc4)N3c3cc(F)c(N4CC[Si](C)(C)CC4)c(F)c3)ccc2[nH]1)[C@@H](C)OC. The zero-order chi connectivity index (χ0) is 53.3. The molecule has 4 amide bonds. The quantitative estimate of drug-likeness (QED) is 0.0729. The van der Waals surface area contributed by atoms with Crippen molar-refractivity contribution in [1.82, 2.24) is 40.4 Å². The van der Waals surface area contributed by atoms with E-state index in [0.717, 1.165) is 52.8 Å². The van der Waals surface area contributed by atoms with Gasteiger partial charge >= 0.3 is 12.2 Å². The number of H-pyrrole nitrogens is 2. The van der Waals surface area contributed by atoms with Gasteiger partial charge in [-0.3, -0.25) is 9.59 Å². The zero-order valence-corrected chi connectivity index (χ0v) is 45.1. The maximum atomic E-state index is 16.6. The average Bonchev–Trinajstić information content (AvgIpc) is 4.29. The number of ether oxygens (including phenoxy) is 4. The van der Waals surface area contributed by atoms with Crippen LogP contribution < -0.4 is 20.4 Å². The number of anilines is 2. The third-order valence-corrected chi connectivity index (χ3v) is 19.2. The molecule has 402 valence electrons. The monoisotopic (exact) mass is 1050 g/mol. The van der Waals surface area contributed by atoms with Gasteiger partial charge in [0.15, 0.2) is 11.6 Å². The lowest BCUT2D eigenvalue weighted by Crippen LogP contribution is -2.54. The summed E-state index contributed by atoms with van der Waals surface area (Å²) in [6.07, 6.45) is 3.30. The minimum Gasteiger partial charge on any atom is -0.453 e. The van der Waals surface area contributed by atoms with E-state index in [4.69, 9.17) is 28.9 Å². The smallest absolute Gasteiger partial charge is 0.407 e. The second-order valence-electron chi connectivity index (χ2n) is 21.1. The fraction of sp³-hybridized carbons (Fsp3) is 0.519. The second kappa shape index (κ2) is 22.3. The standard InChI is InChI=1S/C54H70F2N10O8Si/c1-31(71-3)46(61-53(69)73-5)51(67)64-21-9-11-44(64)49-57-30-41(60-49)33-13-15-34(16-14-33)42-19-20-43(66(42)36-28-37(55)48(38(56)29-36)63-23-25-75(7,8)26-24-63)35-17-18-39-40(27-35)59-50(58-39)45-12-10-22-65(45)52(68)47(32(2)72-4)62-54(70)74-6/h13-18,27-32,42-47H,9-12,19-26H2,1-8H3,(H,57,60)(H,58,59)(H,61,69)(H,62,70)/t31-,32-,42+,43+,44+,45?,46+,47+/m1/s1. The van der Waals surface area contributed by atoms with Crippen molar-refractivity contribution in [3.05, 3.63) is 95.2 Å². The molecule has 3 aromatic carbocycles. The molecule has 4 N–H and O–H groups in total. The molecule has 18 nitrogen and oxygen atoms in total. The van der Waals surface area contributed by atoms with Crippen LogP contribution in [0.1, 0.15) is 99.3 Å². The summed E-state index contributed by atoms with van der Waals surface area (Å²) in [6, 6.07) is 15.9. The van der Waals surface area contributed by atoms with Crippen LogP contribution in [0.15, 0.2) is 60.8 Å². The number of methoxy groups -OCH3 is 4. The number of alkyl carbamates (subject to hydrolysis) is 2. The van der Waals surface area contributed by atoms with Crippen molar-refractivity contribution in [3.63, 3.8) is 0 Å². The number of nitrogens with zero attached hydrogens (tertiary/aromatic N) is 6. The lowest BCUT2D eigenvalue weighted by Gasteiger charge is -2.38. The number of fused-ring (bicyclic) bond motifs is 1. The largest absolute Gasteiger partial charge is 0.453 e. The van der Waals surface area contributed by atoms with Crippen LogP contribution in [0.3, 0.4) is 0 Å². The van der Waals surface area contributed by atoms with E-state index in [9.17, 15) is 19.2 Å². The summed E-state index contributed by atoms with van der Waals surface area (Å²) in [4.78, 5) is 76.5. The van der Waals surface area contributed by atoms with Crippen LogP contribution in [0.25, 0.3) is 22.3 Å². The molecule has 4 aliphatic rings. The second-order valence-corrected chi connectivity index (χ2v) is 26.4. The number of hydrogen-bond acceptors (Lipinski definition) is 12. The van der Waals surface area contributed by atoms with Gasteiger partial charge < -0.3 is 59.1 Å². The van der Waals surface area contributed by atoms with Crippen molar-refractivity contribution >= 4 is 54.5 Å². The summed E-state index contributed by atoms with van der Waals surface area (Å²) in [7, 11) is 4.05. The van der Waals surface area contributed by atoms with Crippen LogP contribution in [-0.2, 0) is 28.5 Å². The molecule has 21 heteroatoms. The summed E-state index contributed by atoms with van der Waals surface area (Å²) in [6.45, 7) is 10.3.